The third kappa shape index (κ3) is 2.59. The number of aliphatic hydroxyl groups is 1. The Kier molecular flexibility index (Phi) is 3.47. The average Bonchev–Trinajstić information content (AvgIpc) is 2.69. The smallest absolute Gasteiger partial charge is 0.203 e. The zero-order valence-corrected chi connectivity index (χ0v) is 11.0. The second kappa shape index (κ2) is 4.89. The van der Waals surface area contributed by atoms with E-state index in [4.69, 9.17) is 5.11 Å². The van der Waals surface area contributed by atoms with E-state index in [1.54, 1.807) is 6.20 Å². The Bertz CT molecular complexity index is 534. The molecule has 0 atom stereocenters. The third-order valence-electron chi connectivity index (χ3n) is 3.02. The van der Waals surface area contributed by atoms with Gasteiger partial charge in [0, 0.05) is 25.5 Å². The summed E-state index contributed by atoms with van der Waals surface area (Å²) in [4.78, 5) is 4.29. The number of anilines is 1. The molecule has 2 N–H and O–H groups in total. The highest BCUT2D eigenvalue weighted by Crippen LogP contribution is 2.21. The molecule has 2 aromatic heterocycles. The Morgan fingerprint density at radius 1 is 1.39 bits per heavy atom. The van der Waals surface area contributed by atoms with Gasteiger partial charge in [0.2, 0.25) is 5.65 Å². The quantitative estimate of drug-likeness (QED) is 0.834. The summed E-state index contributed by atoms with van der Waals surface area (Å²) in [5.74, 6) is 1.56. The van der Waals surface area contributed by atoms with Crippen molar-refractivity contribution in [1.29, 1.82) is 0 Å². The number of aryl methyl sites for hydroxylation is 1. The maximum atomic E-state index is 9.00. The van der Waals surface area contributed by atoms with E-state index in [1.807, 2.05) is 17.5 Å². The monoisotopic (exact) mass is 249 g/mol. The molecule has 0 spiro atoms. The average molecular weight is 249 g/mol. The predicted octanol–water partition coefficient (Wildman–Crippen LogP) is 1.25. The van der Waals surface area contributed by atoms with E-state index >= 15 is 0 Å². The Morgan fingerprint density at radius 3 is 2.89 bits per heavy atom. The zero-order valence-electron chi connectivity index (χ0n) is 11.0. The van der Waals surface area contributed by atoms with E-state index in [2.05, 4.69) is 34.3 Å². The molecule has 0 bridgehead atoms. The lowest BCUT2D eigenvalue weighted by atomic mass is 9.90. The van der Waals surface area contributed by atoms with Crippen LogP contribution in [0.3, 0.4) is 0 Å². The number of nitrogens with zero attached hydrogens (tertiary/aromatic N) is 4. The molecule has 0 radical (unpaired) electrons. The lowest BCUT2D eigenvalue weighted by Crippen LogP contribution is -2.24. The molecule has 18 heavy (non-hydrogen) atoms. The first-order valence-corrected chi connectivity index (χ1v) is 6.04. The van der Waals surface area contributed by atoms with Crippen molar-refractivity contribution in [2.75, 3.05) is 18.5 Å². The van der Waals surface area contributed by atoms with Crippen LogP contribution >= 0.6 is 0 Å². The maximum absolute atomic E-state index is 9.00. The molecule has 0 aliphatic rings. The van der Waals surface area contributed by atoms with E-state index in [0.717, 1.165) is 30.3 Å². The number of aliphatic hydroxyl groups excluding tert-OH is 1. The summed E-state index contributed by atoms with van der Waals surface area (Å²) in [6.45, 7) is 7.03. The molecule has 2 aromatic rings. The van der Waals surface area contributed by atoms with Crippen molar-refractivity contribution >= 4 is 11.5 Å². The molecule has 0 aliphatic heterocycles. The largest absolute Gasteiger partial charge is 0.396 e. The highest BCUT2D eigenvalue weighted by Gasteiger charge is 2.18. The minimum atomic E-state index is 0.0122. The van der Waals surface area contributed by atoms with Crippen molar-refractivity contribution < 1.29 is 5.11 Å². The van der Waals surface area contributed by atoms with E-state index in [0.29, 0.717) is 0 Å². The second-order valence-electron chi connectivity index (χ2n) is 5.21. The van der Waals surface area contributed by atoms with Gasteiger partial charge in [0.15, 0.2) is 5.82 Å². The molecule has 2 heterocycles. The molecule has 0 fully saturated rings. The summed E-state index contributed by atoms with van der Waals surface area (Å²) < 4.78 is 1.90. The molecule has 6 nitrogen and oxygen atoms in total. The summed E-state index contributed by atoms with van der Waals surface area (Å²) in [5, 5.41) is 20.4. The summed E-state index contributed by atoms with van der Waals surface area (Å²) in [5.41, 5.74) is 0.744. The standard InChI is InChI=1S/C12H19N5O/c1-9-15-16-11-10(13-5-6-17(9)11)14-8-12(2,3)4-7-18/h5-6,18H,4,7-8H2,1-3H3,(H,13,14). The van der Waals surface area contributed by atoms with Crippen LogP contribution < -0.4 is 5.32 Å². The van der Waals surface area contributed by atoms with Crippen LogP contribution in [0, 0.1) is 12.3 Å². The van der Waals surface area contributed by atoms with Crippen LogP contribution in [-0.2, 0) is 0 Å². The van der Waals surface area contributed by atoms with Crippen molar-refractivity contribution in [3.8, 4) is 0 Å². The fourth-order valence-corrected chi connectivity index (χ4v) is 1.78. The number of fused-ring (bicyclic) bond motifs is 1. The van der Waals surface area contributed by atoms with E-state index in [1.165, 1.54) is 0 Å². The van der Waals surface area contributed by atoms with Gasteiger partial charge in [-0.2, -0.15) is 0 Å². The van der Waals surface area contributed by atoms with Gasteiger partial charge in [-0.1, -0.05) is 13.8 Å². The van der Waals surface area contributed by atoms with Gasteiger partial charge in [0.1, 0.15) is 5.82 Å². The fourth-order valence-electron chi connectivity index (χ4n) is 1.78. The van der Waals surface area contributed by atoms with Crippen LogP contribution in [0.2, 0.25) is 0 Å². The van der Waals surface area contributed by atoms with E-state index in [-0.39, 0.29) is 12.0 Å². The number of hydrogen-bond donors (Lipinski definition) is 2. The van der Waals surface area contributed by atoms with Gasteiger partial charge in [-0.3, -0.25) is 4.40 Å². The highest BCUT2D eigenvalue weighted by molar-refractivity contribution is 5.61. The minimum Gasteiger partial charge on any atom is -0.396 e. The first kappa shape index (κ1) is 12.8. The van der Waals surface area contributed by atoms with E-state index in [9.17, 15) is 0 Å². The van der Waals surface area contributed by atoms with Crippen LogP contribution in [0.15, 0.2) is 12.4 Å². The van der Waals surface area contributed by atoms with E-state index < -0.39 is 0 Å². The molecule has 98 valence electrons. The molecule has 0 aliphatic carbocycles. The molecule has 0 unspecified atom stereocenters. The van der Waals surface area contributed by atoms with Gasteiger partial charge in [-0.15, -0.1) is 10.2 Å². The van der Waals surface area contributed by atoms with Crippen LogP contribution in [0.1, 0.15) is 26.1 Å². The first-order chi connectivity index (χ1) is 8.53. The number of rotatable bonds is 5. The highest BCUT2D eigenvalue weighted by atomic mass is 16.3. The SMILES string of the molecule is Cc1nnc2c(NCC(C)(C)CCO)nccn12. The molecule has 0 amide bonds. The lowest BCUT2D eigenvalue weighted by molar-refractivity contribution is 0.220. The maximum Gasteiger partial charge on any atom is 0.203 e. The Morgan fingerprint density at radius 2 is 2.17 bits per heavy atom. The van der Waals surface area contributed by atoms with Crippen molar-refractivity contribution in [2.24, 2.45) is 5.41 Å². The van der Waals surface area contributed by atoms with Gasteiger partial charge in [0.25, 0.3) is 0 Å². The number of nitrogens with one attached hydrogen (secondary N) is 1. The zero-order chi connectivity index (χ0) is 13.2. The van der Waals surface area contributed by atoms with Crippen molar-refractivity contribution in [3.63, 3.8) is 0 Å². The normalized spacial score (nSPS) is 12.0. The molecule has 0 saturated carbocycles. The molecule has 0 aromatic carbocycles. The molecule has 2 rings (SSSR count). The molecular weight excluding hydrogens is 230 g/mol. The van der Waals surface area contributed by atoms with Gasteiger partial charge in [-0.05, 0) is 18.8 Å². The van der Waals surface area contributed by atoms with Crippen molar-refractivity contribution in [2.45, 2.75) is 27.2 Å². The number of aromatic nitrogens is 4. The van der Waals surface area contributed by atoms with Crippen LogP contribution in [0.25, 0.3) is 5.65 Å². The van der Waals surface area contributed by atoms with Gasteiger partial charge < -0.3 is 10.4 Å². The van der Waals surface area contributed by atoms with Gasteiger partial charge in [-0.25, -0.2) is 4.98 Å². The van der Waals surface area contributed by atoms with Crippen LogP contribution in [-0.4, -0.2) is 37.8 Å². The Hall–Kier alpha value is -1.69. The first-order valence-electron chi connectivity index (χ1n) is 6.04. The Balaban J connectivity index is 2.17. The molecule has 6 heteroatoms. The second-order valence-corrected chi connectivity index (χ2v) is 5.21. The van der Waals surface area contributed by atoms with Crippen LogP contribution in [0.5, 0.6) is 0 Å². The minimum absolute atomic E-state index is 0.0122. The summed E-state index contributed by atoms with van der Waals surface area (Å²) >= 11 is 0. The topological polar surface area (TPSA) is 75.3 Å². The fraction of sp³-hybridized carbons (Fsp3) is 0.583. The molecule has 0 saturated heterocycles. The van der Waals surface area contributed by atoms with Crippen molar-refractivity contribution in [3.05, 3.63) is 18.2 Å². The van der Waals surface area contributed by atoms with Crippen molar-refractivity contribution in [1.82, 2.24) is 19.6 Å². The molecular formula is C12H19N5O. The lowest BCUT2D eigenvalue weighted by Gasteiger charge is -2.24. The predicted molar refractivity (Wildman–Crippen MR) is 69.5 cm³/mol. The Labute approximate surface area is 106 Å². The van der Waals surface area contributed by atoms with Crippen LogP contribution in [0.4, 0.5) is 5.82 Å². The van der Waals surface area contributed by atoms with Gasteiger partial charge >= 0.3 is 0 Å². The third-order valence-corrected chi connectivity index (χ3v) is 3.02. The summed E-state index contributed by atoms with van der Waals surface area (Å²) in [6.07, 6.45) is 4.31. The summed E-state index contributed by atoms with van der Waals surface area (Å²) in [7, 11) is 0. The van der Waals surface area contributed by atoms with Gasteiger partial charge in [0.05, 0.1) is 0 Å². The number of hydrogen-bond acceptors (Lipinski definition) is 5. The summed E-state index contributed by atoms with van der Waals surface area (Å²) in [6, 6.07) is 0.